The third-order valence-electron chi connectivity index (χ3n) is 2.43. The van der Waals surface area contributed by atoms with Crippen LogP contribution in [0.2, 0.25) is 5.02 Å². The summed E-state index contributed by atoms with van der Waals surface area (Å²) in [5, 5.41) is 8.20. The third kappa shape index (κ3) is 4.64. The zero-order chi connectivity index (χ0) is 15.2. The van der Waals surface area contributed by atoms with Crippen molar-refractivity contribution in [3.63, 3.8) is 0 Å². The van der Waals surface area contributed by atoms with E-state index in [1.807, 2.05) is 0 Å². The molecule has 1 aromatic heterocycles. The van der Waals surface area contributed by atoms with Crippen molar-refractivity contribution in [3.8, 4) is 5.75 Å². The second kappa shape index (κ2) is 7.33. The van der Waals surface area contributed by atoms with Crippen molar-refractivity contribution in [1.82, 2.24) is 10.2 Å². The number of carbonyl (C=O) groups excluding carboxylic acids is 1. The second-order valence-electron chi connectivity index (χ2n) is 3.99. The number of benzene rings is 1. The Morgan fingerprint density at radius 3 is 2.76 bits per heavy atom. The van der Waals surface area contributed by atoms with Gasteiger partial charge in [0.05, 0.1) is 7.11 Å². The third-order valence-corrected chi connectivity index (χ3v) is 3.60. The van der Waals surface area contributed by atoms with Gasteiger partial charge in [0, 0.05) is 5.02 Å². The van der Waals surface area contributed by atoms with Crippen LogP contribution in [0.4, 0.5) is 0 Å². The fraction of sp³-hybridized carbons (Fsp3) is 0.308. The van der Waals surface area contributed by atoms with Gasteiger partial charge in [-0.05, 0) is 31.2 Å². The minimum absolute atomic E-state index is 0.141. The van der Waals surface area contributed by atoms with Crippen LogP contribution in [0, 0.1) is 0 Å². The van der Waals surface area contributed by atoms with Crippen LogP contribution < -0.4 is 4.74 Å². The van der Waals surface area contributed by atoms with Gasteiger partial charge in [0.1, 0.15) is 11.0 Å². The van der Waals surface area contributed by atoms with Gasteiger partial charge in [-0.15, -0.1) is 10.2 Å². The molecule has 0 aliphatic heterocycles. The smallest absolute Gasteiger partial charge is 0.319 e. The van der Waals surface area contributed by atoms with Crippen molar-refractivity contribution in [2.75, 3.05) is 7.11 Å². The molecule has 1 heterocycles. The SMILES string of the molecule is COC(=O)[C@@H](C)Sc1nnc(COc2ccc(Cl)cc2)o1. The summed E-state index contributed by atoms with van der Waals surface area (Å²) in [4.78, 5) is 11.3. The molecule has 0 amide bonds. The van der Waals surface area contributed by atoms with Crippen molar-refractivity contribution in [2.45, 2.75) is 24.0 Å². The fourth-order valence-corrected chi connectivity index (χ4v) is 2.24. The molecular weight excluding hydrogens is 316 g/mol. The summed E-state index contributed by atoms with van der Waals surface area (Å²) in [5.74, 6) is 0.622. The molecule has 0 spiro atoms. The summed E-state index contributed by atoms with van der Waals surface area (Å²) in [6.07, 6.45) is 0. The highest BCUT2D eigenvalue weighted by atomic mass is 35.5. The van der Waals surface area contributed by atoms with Crippen molar-refractivity contribution in [2.24, 2.45) is 0 Å². The van der Waals surface area contributed by atoms with Crippen molar-refractivity contribution in [3.05, 3.63) is 35.2 Å². The Labute approximate surface area is 130 Å². The van der Waals surface area contributed by atoms with Gasteiger partial charge >= 0.3 is 5.97 Å². The first kappa shape index (κ1) is 15.7. The molecule has 0 N–H and O–H groups in total. The summed E-state index contributed by atoms with van der Waals surface area (Å²) < 4.78 is 15.5. The lowest BCUT2D eigenvalue weighted by Gasteiger charge is -2.04. The van der Waals surface area contributed by atoms with Gasteiger partial charge in [-0.2, -0.15) is 0 Å². The van der Waals surface area contributed by atoms with Crippen molar-refractivity contribution in [1.29, 1.82) is 0 Å². The van der Waals surface area contributed by atoms with Gasteiger partial charge in [-0.3, -0.25) is 4.79 Å². The standard InChI is InChI=1S/C13H13ClN2O4S/c1-8(12(17)18-2)21-13-16-15-11(20-13)7-19-10-5-3-9(14)4-6-10/h3-6,8H,7H2,1-2H3/t8-/m1/s1. The number of esters is 1. The highest BCUT2D eigenvalue weighted by molar-refractivity contribution is 8.00. The van der Waals surface area contributed by atoms with Gasteiger partial charge in [0.25, 0.3) is 11.1 Å². The highest BCUT2D eigenvalue weighted by Gasteiger charge is 2.18. The highest BCUT2D eigenvalue weighted by Crippen LogP contribution is 2.23. The molecule has 0 saturated heterocycles. The number of rotatable bonds is 6. The molecular formula is C13H13ClN2O4S. The van der Waals surface area contributed by atoms with E-state index >= 15 is 0 Å². The molecule has 2 rings (SSSR count). The number of methoxy groups -OCH3 is 1. The normalized spacial score (nSPS) is 12.0. The molecule has 0 aliphatic carbocycles. The van der Waals surface area contributed by atoms with Crippen LogP contribution in [0.15, 0.2) is 33.9 Å². The van der Waals surface area contributed by atoms with Crippen LogP contribution in [0.1, 0.15) is 12.8 Å². The van der Waals surface area contributed by atoms with E-state index in [2.05, 4.69) is 14.9 Å². The predicted octanol–water partition coefficient (Wildman–Crippen LogP) is 2.96. The molecule has 6 nitrogen and oxygen atoms in total. The predicted molar refractivity (Wildman–Crippen MR) is 77.4 cm³/mol. The Kier molecular flexibility index (Phi) is 5.46. The molecule has 21 heavy (non-hydrogen) atoms. The van der Waals surface area contributed by atoms with Gasteiger partial charge in [-0.25, -0.2) is 0 Å². The van der Waals surface area contributed by atoms with E-state index in [1.165, 1.54) is 7.11 Å². The molecule has 8 heteroatoms. The Balaban J connectivity index is 1.88. The molecule has 1 atom stereocenters. The fourth-order valence-electron chi connectivity index (χ4n) is 1.39. The summed E-state index contributed by atoms with van der Waals surface area (Å²) in [5.41, 5.74) is 0. The largest absolute Gasteiger partial charge is 0.484 e. The van der Waals surface area contributed by atoms with Crippen LogP contribution >= 0.6 is 23.4 Å². The maximum Gasteiger partial charge on any atom is 0.319 e. The van der Waals surface area contributed by atoms with Crippen LogP contribution in [0.5, 0.6) is 5.75 Å². The van der Waals surface area contributed by atoms with Crippen LogP contribution in [0.3, 0.4) is 0 Å². The molecule has 112 valence electrons. The first-order valence-electron chi connectivity index (χ1n) is 6.03. The van der Waals surface area contributed by atoms with Gasteiger partial charge in [0.15, 0.2) is 6.61 Å². The molecule has 1 aromatic carbocycles. The number of hydrogen-bond acceptors (Lipinski definition) is 7. The molecule has 0 saturated carbocycles. The molecule has 0 radical (unpaired) electrons. The van der Waals surface area contributed by atoms with E-state index in [-0.39, 0.29) is 12.6 Å². The number of halogens is 1. The van der Waals surface area contributed by atoms with Crippen molar-refractivity contribution < 1.29 is 18.7 Å². The molecule has 0 fully saturated rings. The number of aromatic nitrogens is 2. The van der Waals surface area contributed by atoms with Gasteiger partial charge < -0.3 is 13.9 Å². The lowest BCUT2D eigenvalue weighted by Crippen LogP contribution is -2.14. The Hall–Kier alpha value is -1.73. The van der Waals surface area contributed by atoms with E-state index in [1.54, 1.807) is 31.2 Å². The summed E-state index contributed by atoms with van der Waals surface area (Å²) in [6.45, 7) is 1.84. The maximum atomic E-state index is 11.3. The minimum Gasteiger partial charge on any atom is -0.484 e. The Morgan fingerprint density at radius 1 is 1.38 bits per heavy atom. The zero-order valence-corrected chi connectivity index (χ0v) is 13.0. The number of carbonyl (C=O) groups is 1. The van der Waals surface area contributed by atoms with E-state index < -0.39 is 5.25 Å². The van der Waals surface area contributed by atoms with E-state index in [0.717, 1.165) is 11.8 Å². The first-order valence-corrected chi connectivity index (χ1v) is 7.29. The quantitative estimate of drug-likeness (QED) is 0.596. The number of ether oxygens (including phenoxy) is 2. The van der Waals surface area contributed by atoms with E-state index in [9.17, 15) is 4.79 Å². The summed E-state index contributed by atoms with van der Waals surface area (Å²) in [6, 6.07) is 6.94. The maximum absolute atomic E-state index is 11.3. The lowest BCUT2D eigenvalue weighted by atomic mass is 10.3. The summed E-state index contributed by atoms with van der Waals surface area (Å²) >= 11 is 6.91. The lowest BCUT2D eigenvalue weighted by molar-refractivity contribution is -0.139. The average Bonchev–Trinajstić information content (AvgIpc) is 2.93. The van der Waals surface area contributed by atoms with E-state index in [4.69, 9.17) is 20.8 Å². The molecule has 0 aliphatic rings. The Morgan fingerprint density at radius 2 is 2.10 bits per heavy atom. The number of thioether (sulfide) groups is 1. The molecule has 2 aromatic rings. The average molecular weight is 329 g/mol. The minimum atomic E-state index is -0.416. The van der Waals surface area contributed by atoms with E-state index in [0.29, 0.717) is 21.9 Å². The van der Waals surface area contributed by atoms with Crippen LogP contribution in [0.25, 0.3) is 0 Å². The van der Waals surface area contributed by atoms with Gasteiger partial charge in [-0.1, -0.05) is 23.4 Å². The van der Waals surface area contributed by atoms with Crippen molar-refractivity contribution >= 4 is 29.3 Å². The number of hydrogen-bond donors (Lipinski definition) is 0. The van der Waals surface area contributed by atoms with Gasteiger partial charge in [0.2, 0.25) is 0 Å². The summed E-state index contributed by atoms with van der Waals surface area (Å²) in [7, 11) is 1.33. The monoisotopic (exact) mass is 328 g/mol. The molecule has 0 unspecified atom stereocenters. The number of nitrogens with zero attached hydrogens (tertiary/aromatic N) is 2. The van der Waals surface area contributed by atoms with Crippen LogP contribution in [-0.2, 0) is 16.1 Å². The second-order valence-corrected chi connectivity index (χ2v) is 5.72. The molecule has 0 bridgehead atoms. The first-order chi connectivity index (χ1) is 10.1. The van der Waals surface area contributed by atoms with Crippen LogP contribution in [-0.4, -0.2) is 28.5 Å². The zero-order valence-electron chi connectivity index (χ0n) is 11.4. The Bertz CT molecular complexity index is 602. The topological polar surface area (TPSA) is 74.5 Å².